The highest BCUT2D eigenvalue weighted by Gasteiger charge is 2.33. The highest BCUT2D eigenvalue weighted by Crippen LogP contribution is 2.03. The molecule has 0 spiro atoms. The van der Waals surface area contributed by atoms with E-state index in [9.17, 15) is 33.9 Å². The van der Waals surface area contributed by atoms with E-state index in [2.05, 4.69) is 10.6 Å². The summed E-state index contributed by atoms with van der Waals surface area (Å²) in [7, 11) is 0. The number of nitrogens with two attached hydrogens (primary N) is 2. The van der Waals surface area contributed by atoms with Crippen molar-refractivity contribution < 1.29 is 49.2 Å². The second-order valence-corrected chi connectivity index (χ2v) is 6.58. The van der Waals surface area contributed by atoms with Gasteiger partial charge in [0.15, 0.2) is 0 Å². The minimum atomic E-state index is -1.72. The number of primary amides is 1. The molecule has 0 aliphatic rings. The normalized spacial score (nSPS) is 15.5. The Morgan fingerprint density at radius 1 is 0.903 bits per heavy atom. The van der Waals surface area contributed by atoms with E-state index >= 15 is 0 Å². The molecular formula is C16H27N5O10. The minimum absolute atomic E-state index is 0.462. The quantitative estimate of drug-likeness (QED) is 0.121. The number of rotatable bonds is 14. The third-order valence-corrected chi connectivity index (χ3v) is 3.90. The first-order chi connectivity index (χ1) is 14.3. The number of carbonyl (C=O) groups is 6. The number of hydrogen-bond acceptors (Lipinski definition) is 9. The van der Waals surface area contributed by atoms with E-state index in [1.54, 1.807) is 0 Å². The van der Waals surface area contributed by atoms with Crippen LogP contribution >= 0.6 is 0 Å². The summed E-state index contributed by atoms with van der Waals surface area (Å²) in [6, 6.07) is -6.37. The summed E-state index contributed by atoms with van der Waals surface area (Å²) in [4.78, 5) is 69.7. The topological polar surface area (TPSA) is 271 Å². The Kier molecular flexibility index (Phi) is 11.7. The van der Waals surface area contributed by atoms with Crippen LogP contribution in [0.5, 0.6) is 0 Å². The van der Waals surface area contributed by atoms with Crippen LogP contribution in [-0.4, -0.2) is 92.9 Å². The standard InChI is InChI=1S/C16H27N5O10/c1-6(23)12(15(29)19-8(16(30)31)2-3-11(25)26)21-14(28)9(4-10(18)24)20-13(27)7(17)5-22/h6-9,12,22-23H,2-5,17H2,1H3,(H2,18,24)(H,19,29)(H,20,27)(H,21,28)(H,25,26)(H,30,31). The van der Waals surface area contributed by atoms with E-state index in [-0.39, 0.29) is 0 Å². The zero-order valence-corrected chi connectivity index (χ0v) is 16.6. The Labute approximate surface area is 176 Å². The molecule has 0 radical (unpaired) electrons. The van der Waals surface area contributed by atoms with E-state index in [0.29, 0.717) is 0 Å². The molecule has 31 heavy (non-hydrogen) atoms. The van der Waals surface area contributed by atoms with Crippen molar-refractivity contribution in [3.05, 3.63) is 0 Å². The molecule has 0 aliphatic heterocycles. The third kappa shape index (κ3) is 10.3. The number of aliphatic carboxylic acids is 2. The van der Waals surface area contributed by atoms with Crippen molar-refractivity contribution in [2.45, 2.75) is 56.5 Å². The second kappa shape index (κ2) is 13.1. The van der Waals surface area contributed by atoms with Gasteiger partial charge in [-0.3, -0.25) is 24.0 Å². The highest BCUT2D eigenvalue weighted by atomic mass is 16.4. The van der Waals surface area contributed by atoms with E-state index in [1.807, 2.05) is 5.32 Å². The van der Waals surface area contributed by atoms with Crippen LogP contribution in [0.15, 0.2) is 0 Å². The fourth-order valence-corrected chi connectivity index (χ4v) is 2.22. The summed E-state index contributed by atoms with van der Waals surface area (Å²) in [6.07, 6.45) is -3.29. The Hall–Kier alpha value is -3.30. The Balaban J connectivity index is 5.40. The van der Waals surface area contributed by atoms with E-state index in [1.165, 1.54) is 0 Å². The molecule has 0 aromatic heterocycles. The molecule has 0 saturated carbocycles. The Morgan fingerprint density at radius 3 is 1.87 bits per heavy atom. The van der Waals surface area contributed by atoms with Crippen molar-refractivity contribution in [2.24, 2.45) is 11.5 Å². The van der Waals surface area contributed by atoms with Crippen molar-refractivity contribution >= 4 is 35.6 Å². The number of hydrogen-bond donors (Lipinski definition) is 9. The van der Waals surface area contributed by atoms with Gasteiger partial charge in [0.25, 0.3) is 0 Å². The minimum Gasteiger partial charge on any atom is -0.481 e. The lowest BCUT2D eigenvalue weighted by atomic mass is 10.1. The number of carboxylic acid groups (broad SMARTS) is 2. The van der Waals surface area contributed by atoms with Crippen LogP contribution in [0, 0.1) is 0 Å². The maximum Gasteiger partial charge on any atom is 0.326 e. The van der Waals surface area contributed by atoms with Gasteiger partial charge < -0.3 is 47.8 Å². The molecule has 4 amide bonds. The lowest BCUT2D eigenvalue weighted by Gasteiger charge is -2.26. The maximum atomic E-state index is 12.5. The van der Waals surface area contributed by atoms with Gasteiger partial charge in [0, 0.05) is 6.42 Å². The molecule has 15 nitrogen and oxygen atoms in total. The molecule has 0 aromatic carbocycles. The van der Waals surface area contributed by atoms with Crippen LogP contribution in [0.1, 0.15) is 26.2 Å². The van der Waals surface area contributed by atoms with Gasteiger partial charge in [-0.2, -0.15) is 0 Å². The molecule has 0 fully saturated rings. The van der Waals surface area contributed by atoms with Gasteiger partial charge in [-0.05, 0) is 13.3 Å². The van der Waals surface area contributed by atoms with Gasteiger partial charge in [0.05, 0.1) is 19.1 Å². The number of amides is 4. The molecule has 0 aromatic rings. The van der Waals surface area contributed by atoms with Crippen LogP contribution in [0.4, 0.5) is 0 Å². The van der Waals surface area contributed by atoms with Crippen molar-refractivity contribution in [2.75, 3.05) is 6.61 Å². The smallest absolute Gasteiger partial charge is 0.326 e. The van der Waals surface area contributed by atoms with Crippen LogP contribution < -0.4 is 27.4 Å². The summed E-state index contributed by atoms with van der Waals surface area (Å²) in [5.41, 5.74) is 10.3. The van der Waals surface area contributed by atoms with Crippen molar-refractivity contribution in [3.8, 4) is 0 Å². The first-order valence-corrected chi connectivity index (χ1v) is 8.98. The molecule has 0 aliphatic carbocycles. The molecule has 0 saturated heterocycles. The molecule has 15 heteroatoms. The molecule has 0 bridgehead atoms. The summed E-state index contributed by atoms with van der Waals surface area (Å²) < 4.78 is 0. The summed E-state index contributed by atoms with van der Waals surface area (Å²) in [6.45, 7) is 0.337. The van der Waals surface area contributed by atoms with E-state index in [0.717, 1.165) is 6.92 Å². The fraction of sp³-hybridized carbons (Fsp3) is 0.625. The first kappa shape index (κ1) is 27.7. The average Bonchev–Trinajstić information content (AvgIpc) is 2.66. The summed E-state index contributed by atoms with van der Waals surface area (Å²) in [5.74, 6) is -7.13. The molecule has 5 atom stereocenters. The van der Waals surface area contributed by atoms with Crippen LogP contribution in [-0.2, 0) is 28.8 Å². The number of carboxylic acids is 2. The van der Waals surface area contributed by atoms with Gasteiger partial charge in [-0.1, -0.05) is 0 Å². The van der Waals surface area contributed by atoms with Gasteiger partial charge >= 0.3 is 11.9 Å². The SMILES string of the molecule is CC(O)C(NC(=O)C(CC(N)=O)NC(=O)C(N)CO)C(=O)NC(CCC(=O)O)C(=O)O. The fourth-order valence-electron chi connectivity index (χ4n) is 2.22. The zero-order valence-electron chi connectivity index (χ0n) is 16.6. The molecule has 0 heterocycles. The molecule has 5 unspecified atom stereocenters. The Morgan fingerprint density at radius 2 is 1.45 bits per heavy atom. The van der Waals surface area contributed by atoms with E-state index < -0.39 is 91.7 Å². The molecule has 176 valence electrons. The van der Waals surface area contributed by atoms with E-state index in [4.69, 9.17) is 26.8 Å². The zero-order chi connectivity index (χ0) is 24.3. The summed E-state index contributed by atoms with van der Waals surface area (Å²) in [5, 5.41) is 42.6. The number of aliphatic hydroxyl groups is 2. The lowest BCUT2D eigenvalue weighted by molar-refractivity contribution is -0.144. The van der Waals surface area contributed by atoms with Gasteiger partial charge in [-0.25, -0.2) is 4.79 Å². The molecule has 11 N–H and O–H groups in total. The lowest BCUT2D eigenvalue weighted by Crippen LogP contribution is -2.60. The monoisotopic (exact) mass is 449 g/mol. The van der Waals surface area contributed by atoms with Gasteiger partial charge in [-0.15, -0.1) is 0 Å². The number of carbonyl (C=O) groups excluding carboxylic acids is 4. The van der Waals surface area contributed by atoms with Gasteiger partial charge in [0.1, 0.15) is 24.2 Å². The number of aliphatic hydroxyl groups excluding tert-OH is 2. The number of nitrogens with one attached hydrogen (secondary N) is 3. The van der Waals surface area contributed by atoms with Crippen LogP contribution in [0.25, 0.3) is 0 Å². The second-order valence-electron chi connectivity index (χ2n) is 6.58. The predicted octanol–water partition coefficient (Wildman–Crippen LogP) is -5.03. The Bertz CT molecular complexity index is 698. The molecular weight excluding hydrogens is 422 g/mol. The van der Waals surface area contributed by atoms with Crippen molar-refractivity contribution in [1.82, 2.24) is 16.0 Å². The average molecular weight is 449 g/mol. The van der Waals surface area contributed by atoms with Crippen molar-refractivity contribution in [3.63, 3.8) is 0 Å². The van der Waals surface area contributed by atoms with Gasteiger partial charge in [0.2, 0.25) is 23.6 Å². The predicted molar refractivity (Wildman–Crippen MR) is 101 cm³/mol. The van der Waals surface area contributed by atoms with Crippen LogP contribution in [0.2, 0.25) is 0 Å². The highest BCUT2D eigenvalue weighted by molar-refractivity contribution is 5.96. The largest absolute Gasteiger partial charge is 0.481 e. The first-order valence-electron chi connectivity index (χ1n) is 8.98. The maximum absolute atomic E-state index is 12.5. The van der Waals surface area contributed by atoms with Crippen molar-refractivity contribution in [1.29, 1.82) is 0 Å². The molecule has 0 rings (SSSR count). The van der Waals surface area contributed by atoms with Crippen LogP contribution in [0.3, 0.4) is 0 Å². The summed E-state index contributed by atoms with van der Waals surface area (Å²) >= 11 is 0. The third-order valence-electron chi connectivity index (χ3n) is 3.90.